The molecule has 0 radical (unpaired) electrons. The van der Waals surface area contributed by atoms with Crippen LogP contribution < -0.4 is 15.0 Å². The van der Waals surface area contributed by atoms with E-state index in [1.165, 1.54) is 24.1 Å². The van der Waals surface area contributed by atoms with Crippen molar-refractivity contribution in [3.05, 3.63) is 54.3 Å². The third-order valence-electron chi connectivity index (χ3n) is 4.00. The maximum atomic E-state index is 13.6. The fourth-order valence-electron chi connectivity index (χ4n) is 2.77. The van der Waals surface area contributed by atoms with Crippen LogP contribution in [0.15, 0.2) is 48.5 Å². The largest absolute Gasteiger partial charge is 0.495 e. The predicted octanol–water partition coefficient (Wildman–Crippen LogP) is 2.83. The first-order valence-electron chi connectivity index (χ1n) is 7.59. The molecule has 0 saturated carbocycles. The number of anilines is 2. The molecule has 0 aliphatic carbocycles. The average molecular weight is 328 g/mol. The van der Waals surface area contributed by atoms with Crippen molar-refractivity contribution in [3.8, 4) is 5.75 Å². The molecule has 1 atom stereocenters. The van der Waals surface area contributed by atoms with Gasteiger partial charge in [0.25, 0.3) is 0 Å². The molecule has 1 saturated heterocycles. The van der Waals surface area contributed by atoms with E-state index in [0.717, 1.165) is 0 Å². The quantitative estimate of drug-likeness (QED) is 0.939. The summed E-state index contributed by atoms with van der Waals surface area (Å²) in [5.74, 6) is -1.00. The minimum absolute atomic E-state index is 0.0817. The zero-order valence-electron chi connectivity index (χ0n) is 13.2. The average Bonchev–Trinajstić information content (AvgIpc) is 2.98. The van der Waals surface area contributed by atoms with Gasteiger partial charge in [0.15, 0.2) is 0 Å². The molecule has 1 fully saturated rings. The van der Waals surface area contributed by atoms with E-state index in [0.29, 0.717) is 11.4 Å². The van der Waals surface area contributed by atoms with Gasteiger partial charge in [0.1, 0.15) is 11.6 Å². The standard InChI is InChI=1S/C18H17FN2O3/c1-24-16-9-5-4-8-15(16)21-11-12(10-17(21)22)18(23)20-14-7-3-2-6-13(14)19/h2-9,12H,10-11H2,1H3,(H,20,23). The highest BCUT2D eigenvalue weighted by Gasteiger charge is 2.36. The molecule has 0 bridgehead atoms. The SMILES string of the molecule is COc1ccccc1N1CC(C(=O)Nc2ccccc2F)CC1=O. The molecule has 3 rings (SSSR count). The van der Waals surface area contributed by atoms with E-state index in [-0.39, 0.29) is 30.5 Å². The van der Waals surface area contributed by atoms with Crippen molar-refractivity contribution in [2.75, 3.05) is 23.9 Å². The van der Waals surface area contributed by atoms with Gasteiger partial charge in [-0.25, -0.2) is 4.39 Å². The summed E-state index contributed by atoms with van der Waals surface area (Å²) in [4.78, 5) is 26.2. The Kier molecular flexibility index (Phi) is 4.46. The van der Waals surface area contributed by atoms with Gasteiger partial charge in [0.05, 0.1) is 24.4 Å². The number of carbonyl (C=O) groups is 2. The van der Waals surface area contributed by atoms with Crippen LogP contribution in [0.5, 0.6) is 5.75 Å². The van der Waals surface area contributed by atoms with Gasteiger partial charge in [0.2, 0.25) is 11.8 Å². The first-order valence-corrected chi connectivity index (χ1v) is 7.59. The minimum atomic E-state index is -0.540. The Balaban J connectivity index is 1.75. The summed E-state index contributed by atoms with van der Waals surface area (Å²) >= 11 is 0. The van der Waals surface area contributed by atoms with Gasteiger partial charge in [-0.3, -0.25) is 9.59 Å². The molecule has 24 heavy (non-hydrogen) atoms. The maximum Gasteiger partial charge on any atom is 0.229 e. The Morgan fingerprint density at radius 3 is 2.67 bits per heavy atom. The smallest absolute Gasteiger partial charge is 0.229 e. The first-order chi connectivity index (χ1) is 11.6. The van der Waals surface area contributed by atoms with Gasteiger partial charge in [-0.1, -0.05) is 24.3 Å². The lowest BCUT2D eigenvalue weighted by Crippen LogP contribution is -2.28. The summed E-state index contributed by atoms with van der Waals surface area (Å²) in [6.07, 6.45) is 0.0817. The van der Waals surface area contributed by atoms with Gasteiger partial charge in [-0.2, -0.15) is 0 Å². The molecule has 1 aliphatic heterocycles. The van der Waals surface area contributed by atoms with Crippen molar-refractivity contribution in [3.63, 3.8) is 0 Å². The van der Waals surface area contributed by atoms with E-state index in [2.05, 4.69) is 5.32 Å². The number of carbonyl (C=O) groups excluding carboxylic acids is 2. The van der Waals surface area contributed by atoms with Gasteiger partial charge in [0, 0.05) is 13.0 Å². The van der Waals surface area contributed by atoms with Gasteiger partial charge < -0.3 is 15.0 Å². The van der Waals surface area contributed by atoms with Crippen molar-refractivity contribution in [2.24, 2.45) is 5.92 Å². The Bertz CT molecular complexity index is 778. The minimum Gasteiger partial charge on any atom is -0.495 e. The van der Waals surface area contributed by atoms with Crippen LogP contribution in [0, 0.1) is 11.7 Å². The molecule has 1 aliphatic rings. The van der Waals surface area contributed by atoms with E-state index >= 15 is 0 Å². The summed E-state index contributed by atoms with van der Waals surface area (Å²) in [6.45, 7) is 0.236. The number of para-hydroxylation sites is 3. The van der Waals surface area contributed by atoms with Gasteiger partial charge in [-0.05, 0) is 24.3 Å². The van der Waals surface area contributed by atoms with Crippen LogP contribution in [0.4, 0.5) is 15.8 Å². The van der Waals surface area contributed by atoms with Gasteiger partial charge >= 0.3 is 0 Å². The molecular formula is C18H17FN2O3. The summed E-state index contributed by atoms with van der Waals surface area (Å²) in [5.41, 5.74) is 0.747. The highest BCUT2D eigenvalue weighted by atomic mass is 19.1. The molecule has 5 nitrogen and oxygen atoms in total. The van der Waals surface area contributed by atoms with E-state index in [4.69, 9.17) is 4.74 Å². The first kappa shape index (κ1) is 16.0. The van der Waals surface area contributed by atoms with E-state index in [1.54, 1.807) is 30.3 Å². The van der Waals surface area contributed by atoms with Crippen molar-refractivity contribution in [1.82, 2.24) is 0 Å². The number of hydrogen-bond donors (Lipinski definition) is 1. The van der Waals surface area contributed by atoms with Gasteiger partial charge in [-0.15, -0.1) is 0 Å². The highest BCUT2D eigenvalue weighted by molar-refractivity contribution is 6.04. The second-order valence-corrected chi connectivity index (χ2v) is 5.55. The normalized spacial score (nSPS) is 17.0. The Morgan fingerprint density at radius 1 is 1.21 bits per heavy atom. The van der Waals surface area contributed by atoms with E-state index < -0.39 is 11.7 Å². The van der Waals surface area contributed by atoms with Crippen LogP contribution >= 0.6 is 0 Å². The summed E-state index contributed by atoms with van der Waals surface area (Å²) in [5, 5.41) is 2.55. The third-order valence-corrected chi connectivity index (χ3v) is 4.00. The summed E-state index contributed by atoms with van der Waals surface area (Å²) in [6, 6.07) is 13.1. The molecule has 2 amide bonds. The second kappa shape index (κ2) is 6.70. The predicted molar refractivity (Wildman–Crippen MR) is 88.5 cm³/mol. The van der Waals surface area contributed by atoms with Crippen molar-refractivity contribution < 1.29 is 18.7 Å². The molecule has 0 aromatic heterocycles. The number of hydrogen-bond acceptors (Lipinski definition) is 3. The maximum absolute atomic E-state index is 13.6. The topological polar surface area (TPSA) is 58.6 Å². The Labute approximate surface area is 139 Å². The number of benzene rings is 2. The van der Waals surface area contributed by atoms with Crippen molar-refractivity contribution >= 4 is 23.2 Å². The lowest BCUT2D eigenvalue weighted by atomic mass is 10.1. The molecule has 1 heterocycles. The number of rotatable bonds is 4. The fraction of sp³-hybridized carbons (Fsp3) is 0.222. The second-order valence-electron chi connectivity index (χ2n) is 5.55. The van der Waals surface area contributed by atoms with Crippen molar-refractivity contribution in [2.45, 2.75) is 6.42 Å². The molecule has 6 heteroatoms. The summed E-state index contributed by atoms with van der Waals surface area (Å²) in [7, 11) is 1.53. The summed E-state index contributed by atoms with van der Waals surface area (Å²) < 4.78 is 18.9. The zero-order valence-corrected chi connectivity index (χ0v) is 13.2. The molecule has 124 valence electrons. The molecule has 1 unspecified atom stereocenters. The molecule has 2 aromatic rings. The number of nitrogens with one attached hydrogen (secondary N) is 1. The van der Waals surface area contributed by atoms with Crippen LogP contribution in [0.1, 0.15) is 6.42 Å². The molecule has 0 spiro atoms. The Hall–Kier alpha value is -2.89. The molecular weight excluding hydrogens is 311 g/mol. The highest BCUT2D eigenvalue weighted by Crippen LogP contribution is 2.33. The lowest BCUT2D eigenvalue weighted by molar-refractivity contribution is -0.122. The van der Waals surface area contributed by atoms with E-state index in [1.807, 2.05) is 6.07 Å². The van der Waals surface area contributed by atoms with Crippen LogP contribution in [-0.2, 0) is 9.59 Å². The number of halogens is 1. The van der Waals surface area contributed by atoms with Crippen LogP contribution in [-0.4, -0.2) is 25.5 Å². The zero-order chi connectivity index (χ0) is 17.1. The van der Waals surface area contributed by atoms with Crippen molar-refractivity contribution in [1.29, 1.82) is 0 Å². The van der Waals surface area contributed by atoms with Crippen LogP contribution in [0.2, 0.25) is 0 Å². The molecule has 2 aromatic carbocycles. The van der Waals surface area contributed by atoms with Crippen LogP contribution in [0.3, 0.4) is 0 Å². The fourth-order valence-corrected chi connectivity index (χ4v) is 2.77. The molecule has 1 N–H and O–H groups in total. The monoisotopic (exact) mass is 328 g/mol. The lowest BCUT2D eigenvalue weighted by Gasteiger charge is -2.19. The number of methoxy groups -OCH3 is 1. The third kappa shape index (κ3) is 3.08. The van der Waals surface area contributed by atoms with E-state index in [9.17, 15) is 14.0 Å². The number of nitrogens with zero attached hydrogens (tertiary/aromatic N) is 1. The Morgan fingerprint density at radius 2 is 1.92 bits per heavy atom. The number of ether oxygens (including phenoxy) is 1. The van der Waals surface area contributed by atoms with Crippen LogP contribution in [0.25, 0.3) is 0 Å². The number of amides is 2.